The number of rotatable bonds is 2. The molecule has 118 valence electrons. The van der Waals surface area contributed by atoms with E-state index in [1.807, 2.05) is 18.3 Å². The number of hydrogen-bond acceptors (Lipinski definition) is 3. The molecule has 4 nitrogen and oxygen atoms in total. The van der Waals surface area contributed by atoms with Gasteiger partial charge in [0.15, 0.2) is 12.1 Å². The summed E-state index contributed by atoms with van der Waals surface area (Å²) in [6, 6.07) is 10.2. The Morgan fingerprint density at radius 3 is 2.52 bits per heavy atom. The van der Waals surface area contributed by atoms with Crippen molar-refractivity contribution in [3.8, 4) is 11.1 Å². The number of benzene rings is 1. The van der Waals surface area contributed by atoms with Crippen LogP contribution in [0, 0.1) is 13.8 Å². The molecule has 1 saturated carbocycles. The quantitative estimate of drug-likeness (QED) is 0.722. The fourth-order valence-electron chi connectivity index (χ4n) is 2.40. The number of carbonyl (C=O) groups excluding carboxylic acids is 1. The van der Waals surface area contributed by atoms with Crippen LogP contribution >= 0.6 is 0 Å². The predicted octanol–water partition coefficient (Wildman–Crippen LogP) is 4.18. The second-order valence-corrected chi connectivity index (χ2v) is 6.03. The van der Waals surface area contributed by atoms with Gasteiger partial charge >= 0.3 is 0 Å². The number of aryl methyl sites for hydroxylation is 2. The van der Waals surface area contributed by atoms with Crippen LogP contribution in [-0.2, 0) is 0 Å². The first-order valence-electron chi connectivity index (χ1n) is 7.90. The summed E-state index contributed by atoms with van der Waals surface area (Å²) < 4.78 is 1.74. The predicted molar refractivity (Wildman–Crippen MR) is 93.8 cm³/mol. The molecule has 0 amide bonds. The number of nitrogens with two attached hydrogens (primary N) is 1. The van der Waals surface area contributed by atoms with Gasteiger partial charge in [-0.05, 0) is 42.7 Å². The zero-order chi connectivity index (χ0) is 16.4. The Morgan fingerprint density at radius 1 is 1.13 bits per heavy atom. The highest BCUT2D eigenvalue weighted by Gasteiger charge is 2.10. The minimum absolute atomic E-state index is 0.262. The Hall–Kier alpha value is -2.62. The molecule has 0 atom stereocenters. The van der Waals surface area contributed by atoms with Crippen LogP contribution in [0.15, 0.2) is 36.5 Å². The Bertz CT molecular complexity index is 860. The van der Waals surface area contributed by atoms with Gasteiger partial charge in [-0.1, -0.05) is 43.0 Å². The van der Waals surface area contributed by atoms with Crippen LogP contribution in [0.25, 0.3) is 16.8 Å². The van der Waals surface area contributed by atoms with Crippen LogP contribution < -0.4 is 5.73 Å². The van der Waals surface area contributed by atoms with Gasteiger partial charge in [0.2, 0.25) is 0 Å². The van der Waals surface area contributed by atoms with Crippen LogP contribution in [-0.4, -0.2) is 15.7 Å². The lowest BCUT2D eigenvalue weighted by atomic mass is 10.00. The van der Waals surface area contributed by atoms with Gasteiger partial charge in [-0.2, -0.15) is 0 Å². The van der Waals surface area contributed by atoms with Crippen molar-refractivity contribution < 1.29 is 4.79 Å². The maximum atomic E-state index is 11.1. The third kappa shape index (κ3) is 3.26. The van der Waals surface area contributed by atoms with Crippen LogP contribution in [0.4, 0.5) is 5.82 Å². The summed E-state index contributed by atoms with van der Waals surface area (Å²) in [6.45, 7) is 4.13. The molecule has 0 unspecified atom stereocenters. The van der Waals surface area contributed by atoms with Gasteiger partial charge < -0.3 is 5.73 Å². The zero-order valence-electron chi connectivity index (χ0n) is 13.5. The molecule has 1 aliphatic rings. The monoisotopic (exact) mass is 307 g/mol. The summed E-state index contributed by atoms with van der Waals surface area (Å²) in [5, 5.41) is 0. The Kier molecular flexibility index (Phi) is 4.15. The van der Waals surface area contributed by atoms with Gasteiger partial charge in [0.05, 0.1) is 0 Å². The van der Waals surface area contributed by atoms with Crippen LogP contribution in [0.5, 0.6) is 0 Å². The molecule has 0 radical (unpaired) electrons. The topological polar surface area (TPSA) is 60.4 Å². The average Bonchev–Trinajstić information content (AvgIpc) is 3.38. The number of fused-ring (bicyclic) bond motifs is 1. The first-order valence-corrected chi connectivity index (χ1v) is 7.90. The zero-order valence-corrected chi connectivity index (χ0v) is 13.5. The molecular weight excluding hydrogens is 286 g/mol. The normalized spacial score (nSPS) is 12.6. The number of carbonyl (C=O) groups is 1. The van der Waals surface area contributed by atoms with Crippen molar-refractivity contribution in [2.24, 2.45) is 0 Å². The van der Waals surface area contributed by atoms with Gasteiger partial charge in [-0.15, -0.1) is 0 Å². The second-order valence-electron chi connectivity index (χ2n) is 6.03. The van der Waals surface area contributed by atoms with E-state index in [0.29, 0.717) is 11.3 Å². The number of nitrogens with zero attached hydrogens (tertiary/aromatic N) is 2. The maximum Gasteiger partial charge on any atom is 0.170 e. The molecule has 1 aliphatic carbocycles. The first-order chi connectivity index (χ1) is 11.1. The number of imidazole rings is 1. The Labute approximate surface area is 136 Å². The van der Waals surface area contributed by atoms with E-state index in [1.54, 1.807) is 4.40 Å². The molecule has 23 heavy (non-hydrogen) atoms. The molecule has 0 aliphatic heterocycles. The molecule has 0 saturated heterocycles. The molecule has 4 heteroatoms. The average molecular weight is 307 g/mol. The number of nitrogen functional groups attached to an aromatic ring is 1. The molecule has 1 aromatic carbocycles. The lowest BCUT2D eigenvalue weighted by Crippen LogP contribution is -1.95. The van der Waals surface area contributed by atoms with Gasteiger partial charge in [0, 0.05) is 6.20 Å². The van der Waals surface area contributed by atoms with Gasteiger partial charge in [-0.3, -0.25) is 9.20 Å². The van der Waals surface area contributed by atoms with Crippen molar-refractivity contribution in [1.29, 1.82) is 0 Å². The summed E-state index contributed by atoms with van der Waals surface area (Å²) in [4.78, 5) is 15.3. The fraction of sp³-hybridized carbons (Fsp3) is 0.263. The standard InChI is InChI=1S/C16H15N3O.C3H6/c1-10-3-4-11(2)13(7-10)12-5-6-15-18-16(17)14(9-20)19(15)8-12;1-2-3-1/h3-9H,17H2,1-2H3;1-3H2. The van der Waals surface area contributed by atoms with Crippen LogP contribution in [0.1, 0.15) is 40.9 Å². The highest BCUT2D eigenvalue weighted by atomic mass is 16.1. The SMILES string of the molecule is C1CC1.Cc1ccc(C)c(-c2ccc3nc(N)c(C=O)n3c2)c1. The highest BCUT2D eigenvalue weighted by molar-refractivity contribution is 5.82. The van der Waals surface area contributed by atoms with E-state index >= 15 is 0 Å². The molecule has 0 bridgehead atoms. The smallest absolute Gasteiger partial charge is 0.170 e. The summed E-state index contributed by atoms with van der Waals surface area (Å²) in [6.07, 6.45) is 7.15. The van der Waals surface area contributed by atoms with E-state index in [4.69, 9.17) is 5.73 Å². The maximum absolute atomic E-state index is 11.1. The minimum atomic E-state index is 0.262. The van der Waals surface area contributed by atoms with E-state index < -0.39 is 0 Å². The molecule has 2 heterocycles. The van der Waals surface area contributed by atoms with Crippen molar-refractivity contribution in [3.63, 3.8) is 0 Å². The molecule has 4 rings (SSSR count). The minimum Gasteiger partial charge on any atom is -0.382 e. The van der Waals surface area contributed by atoms with Gasteiger partial charge in [-0.25, -0.2) is 4.98 Å². The van der Waals surface area contributed by atoms with E-state index in [1.165, 1.54) is 30.4 Å². The largest absolute Gasteiger partial charge is 0.382 e. The number of aldehydes is 1. The van der Waals surface area contributed by atoms with Crippen molar-refractivity contribution in [2.45, 2.75) is 33.1 Å². The van der Waals surface area contributed by atoms with E-state index in [-0.39, 0.29) is 5.82 Å². The number of anilines is 1. The lowest BCUT2D eigenvalue weighted by molar-refractivity contribution is 0.111. The lowest BCUT2D eigenvalue weighted by Gasteiger charge is -2.08. The van der Waals surface area contributed by atoms with Crippen molar-refractivity contribution in [2.75, 3.05) is 5.73 Å². The molecule has 0 spiro atoms. The third-order valence-corrected chi connectivity index (χ3v) is 3.85. The second kappa shape index (κ2) is 6.24. The van der Waals surface area contributed by atoms with Gasteiger partial charge in [0.25, 0.3) is 0 Å². The molecule has 3 aromatic rings. The Balaban J connectivity index is 0.000000468. The molecular formula is C19H21N3O. The van der Waals surface area contributed by atoms with Crippen LogP contribution in [0.3, 0.4) is 0 Å². The number of hydrogen-bond donors (Lipinski definition) is 1. The van der Waals surface area contributed by atoms with E-state index in [0.717, 1.165) is 17.4 Å². The highest BCUT2D eigenvalue weighted by Crippen LogP contribution is 2.26. The van der Waals surface area contributed by atoms with E-state index in [2.05, 4.69) is 37.0 Å². The Morgan fingerprint density at radius 2 is 1.87 bits per heavy atom. The summed E-state index contributed by atoms with van der Waals surface area (Å²) >= 11 is 0. The molecule has 2 N–H and O–H groups in total. The van der Waals surface area contributed by atoms with Crippen LogP contribution in [0.2, 0.25) is 0 Å². The van der Waals surface area contributed by atoms with Crippen molar-refractivity contribution in [3.05, 3.63) is 53.3 Å². The first kappa shape index (κ1) is 15.3. The fourth-order valence-corrected chi connectivity index (χ4v) is 2.40. The van der Waals surface area contributed by atoms with Crippen molar-refractivity contribution in [1.82, 2.24) is 9.38 Å². The number of pyridine rings is 1. The third-order valence-electron chi connectivity index (χ3n) is 3.85. The van der Waals surface area contributed by atoms with Gasteiger partial charge in [0.1, 0.15) is 11.3 Å². The summed E-state index contributed by atoms with van der Waals surface area (Å²) in [5.41, 5.74) is 11.4. The summed E-state index contributed by atoms with van der Waals surface area (Å²) in [5.74, 6) is 0.262. The summed E-state index contributed by atoms with van der Waals surface area (Å²) in [7, 11) is 0. The molecule has 1 fully saturated rings. The molecule has 2 aromatic heterocycles. The van der Waals surface area contributed by atoms with E-state index in [9.17, 15) is 4.79 Å². The number of aromatic nitrogens is 2. The van der Waals surface area contributed by atoms with Crippen molar-refractivity contribution >= 4 is 17.8 Å².